The fourth-order valence-corrected chi connectivity index (χ4v) is 4.74. The van der Waals surface area contributed by atoms with E-state index in [0.29, 0.717) is 11.1 Å². The molecular formula is C24H28N2O3. The minimum atomic E-state index is -1.15. The minimum absolute atomic E-state index is 0.121. The van der Waals surface area contributed by atoms with Crippen LogP contribution in [0.3, 0.4) is 0 Å². The number of nitrogens with zero attached hydrogens (tertiary/aromatic N) is 2. The van der Waals surface area contributed by atoms with Crippen LogP contribution in [0.1, 0.15) is 60.9 Å². The first-order valence-corrected chi connectivity index (χ1v) is 10.5. The van der Waals surface area contributed by atoms with Crippen molar-refractivity contribution in [1.82, 2.24) is 0 Å². The molecule has 0 radical (unpaired) electrons. The highest BCUT2D eigenvalue weighted by molar-refractivity contribution is 5.91. The molecule has 0 atom stereocenters. The zero-order valence-corrected chi connectivity index (χ0v) is 16.7. The SMILES string of the molecule is O=C(O)c1ccc(N=Cc2ccc(N3CCC4(CCCCC4)CC3)cc2)cc1O. The number of carbonyl (C=O) groups is 1. The molecule has 2 aromatic rings. The van der Waals surface area contributed by atoms with Crippen LogP contribution in [0.5, 0.6) is 5.75 Å². The van der Waals surface area contributed by atoms with Gasteiger partial charge in [-0.2, -0.15) is 0 Å². The Hall–Kier alpha value is -2.82. The van der Waals surface area contributed by atoms with Crippen molar-refractivity contribution in [2.24, 2.45) is 10.4 Å². The first kappa shape index (κ1) is 19.5. The van der Waals surface area contributed by atoms with Crippen LogP contribution in [0, 0.1) is 5.41 Å². The highest BCUT2D eigenvalue weighted by Gasteiger charge is 2.35. The summed E-state index contributed by atoms with van der Waals surface area (Å²) in [6.45, 7) is 2.28. The third-order valence-electron chi connectivity index (χ3n) is 6.57. The van der Waals surface area contributed by atoms with Gasteiger partial charge in [-0.1, -0.05) is 31.4 Å². The fourth-order valence-electron chi connectivity index (χ4n) is 4.74. The summed E-state index contributed by atoms with van der Waals surface area (Å²) in [6.07, 6.45) is 11.4. The van der Waals surface area contributed by atoms with Crippen LogP contribution < -0.4 is 4.90 Å². The summed E-state index contributed by atoms with van der Waals surface area (Å²) in [4.78, 5) is 17.8. The molecule has 5 nitrogen and oxygen atoms in total. The highest BCUT2D eigenvalue weighted by atomic mass is 16.4. The number of rotatable bonds is 4. The van der Waals surface area contributed by atoms with Crippen LogP contribution in [0.15, 0.2) is 47.5 Å². The maximum Gasteiger partial charge on any atom is 0.339 e. The predicted molar refractivity (Wildman–Crippen MR) is 116 cm³/mol. The van der Waals surface area contributed by atoms with Crippen LogP contribution in [0.2, 0.25) is 0 Å². The third kappa shape index (κ3) is 4.44. The van der Waals surface area contributed by atoms with E-state index in [1.54, 1.807) is 12.3 Å². The smallest absolute Gasteiger partial charge is 0.339 e. The van der Waals surface area contributed by atoms with E-state index in [1.165, 1.54) is 62.8 Å². The largest absolute Gasteiger partial charge is 0.507 e. The number of benzene rings is 2. The van der Waals surface area contributed by atoms with Gasteiger partial charge in [-0.15, -0.1) is 0 Å². The lowest BCUT2D eigenvalue weighted by molar-refractivity contribution is 0.0694. The number of piperidine rings is 1. The van der Waals surface area contributed by atoms with E-state index >= 15 is 0 Å². The maximum atomic E-state index is 11.0. The maximum absolute atomic E-state index is 11.0. The van der Waals surface area contributed by atoms with Gasteiger partial charge in [0.05, 0.1) is 5.69 Å². The zero-order chi connectivity index (χ0) is 20.3. The van der Waals surface area contributed by atoms with Crippen molar-refractivity contribution < 1.29 is 15.0 Å². The van der Waals surface area contributed by atoms with Gasteiger partial charge in [-0.25, -0.2) is 4.79 Å². The van der Waals surface area contributed by atoms with Gasteiger partial charge in [-0.05, 0) is 60.9 Å². The Morgan fingerprint density at radius 2 is 1.66 bits per heavy atom. The molecule has 2 aromatic carbocycles. The van der Waals surface area contributed by atoms with Crippen molar-refractivity contribution in [2.45, 2.75) is 44.9 Å². The van der Waals surface area contributed by atoms with Crippen molar-refractivity contribution in [3.8, 4) is 5.75 Å². The van der Waals surface area contributed by atoms with Gasteiger partial charge < -0.3 is 15.1 Å². The average molecular weight is 392 g/mol. The summed E-state index contributed by atoms with van der Waals surface area (Å²) in [6, 6.07) is 12.7. The molecular weight excluding hydrogens is 364 g/mol. The Balaban J connectivity index is 1.38. The Morgan fingerprint density at radius 3 is 2.28 bits per heavy atom. The molecule has 2 aliphatic rings. The fraction of sp³-hybridized carbons (Fsp3) is 0.417. The molecule has 152 valence electrons. The van der Waals surface area contributed by atoms with Crippen LogP contribution >= 0.6 is 0 Å². The van der Waals surface area contributed by atoms with Gasteiger partial charge in [-0.3, -0.25) is 4.99 Å². The number of carboxylic acid groups (broad SMARTS) is 1. The summed E-state index contributed by atoms with van der Waals surface area (Å²) >= 11 is 0. The first-order chi connectivity index (χ1) is 14.0. The molecule has 4 rings (SSSR count). The lowest BCUT2D eigenvalue weighted by atomic mass is 9.68. The number of carboxylic acids is 1. The van der Waals surface area contributed by atoms with E-state index in [2.05, 4.69) is 34.2 Å². The zero-order valence-electron chi connectivity index (χ0n) is 16.7. The monoisotopic (exact) mass is 392 g/mol. The molecule has 2 fully saturated rings. The normalized spacial score (nSPS) is 19.0. The van der Waals surface area contributed by atoms with Crippen LogP contribution in [0.25, 0.3) is 0 Å². The van der Waals surface area contributed by atoms with Crippen molar-refractivity contribution in [1.29, 1.82) is 0 Å². The van der Waals surface area contributed by atoms with Crippen molar-refractivity contribution in [3.63, 3.8) is 0 Å². The number of aliphatic imine (C=N–C) groups is 1. The standard InChI is InChI=1S/C24H28N2O3/c27-22-16-19(6-9-21(22)23(28)29)25-17-18-4-7-20(8-5-18)26-14-12-24(13-15-26)10-2-1-3-11-24/h4-9,16-17,27H,1-3,10-15H2,(H,28,29). The van der Waals surface area contributed by atoms with Gasteiger partial charge in [0.2, 0.25) is 0 Å². The van der Waals surface area contributed by atoms with Crippen molar-refractivity contribution in [2.75, 3.05) is 18.0 Å². The Morgan fingerprint density at radius 1 is 0.966 bits per heavy atom. The Kier molecular flexibility index (Phi) is 5.56. The van der Waals surface area contributed by atoms with Crippen molar-refractivity contribution >= 4 is 23.6 Å². The molecule has 1 aliphatic heterocycles. The summed E-state index contributed by atoms with van der Waals surface area (Å²) in [5, 5.41) is 18.7. The molecule has 5 heteroatoms. The number of aromatic hydroxyl groups is 1. The summed E-state index contributed by atoms with van der Waals surface area (Å²) in [5.41, 5.74) is 3.24. The van der Waals surface area contributed by atoms with Gasteiger partial charge in [0.1, 0.15) is 11.3 Å². The second kappa shape index (κ2) is 8.27. The molecule has 1 heterocycles. The van der Waals surface area contributed by atoms with E-state index in [0.717, 1.165) is 18.7 Å². The van der Waals surface area contributed by atoms with E-state index in [1.807, 2.05) is 0 Å². The van der Waals surface area contributed by atoms with Crippen LogP contribution in [-0.4, -0.2) is 35.5 Å². The predicted octanol–water partition coefficient (Wildman–Crippen LogP) is 5.39. The molecule has 29 heavy (non-hydrogen) atoms. The first-order valence-electron chi connectivity index (χ1n) is 10.5. The summed E-state index contributed by atoms with van der Waals surface area (Å²) in [7, 11) is 0. The molecule has 0 bridgehead atoms. The Bertz CT molecular complexity index is 889. The minimum Gasteiger partial charge on any atom is -0.507 e. The number of phenols is 1. The van der Waals surface area contributed by atoms with Gasteiger partial charge >= 0.3 is 5.97 Å². The second-order valence-corrected chi connectivity index (χ2v) is 8.40. The third-order valence-corrected chi connectivity index (χ3v) is 6.57. The molecule has 1 saturated heterocycles. The second-order valence-electron chi connectivity index (χ2n) is 8.40. The van der Waals surface area contributed by atoms with Gasteiger partial charge in [0, 0.05) is 31.1 Å². The Labute approximate surface area is 171 Å². The molecule has 1 spiro atoms. The molecule has 2 N–H and O–H groups in total. The van der Waals surface area contributed by atoms with Crippen LogP contribution in [-0.2, 0) is 0 Å². The quantitative estimate of drug-likeness (QED) is 0.684. The number of aromatic carboxylic acids is 1. The van der Waals surface area contributed by atoms with E-state index in [9.17, 15) is 9.90 Å². The highest BCUT2D eigenvalue weighted by Crippen LogP contribution is 2.45. The van der Waals surface area contributed by atoms with Crippen LogP contribution in [0.4, 0.5) is 11.4 Å². The average Bonchev–Trinajstić information content (AvgIpc) is 2.74. The van der Waals surface area contributed by atoms with E-state index in [4.69, 9.17) is 5.11 Å². The number of anilines is 1. The number of hydrogen-bond donors (Lipinski definition) is 2. The summed E-state index contributed by atoms with van der Waals surface area (Å²) in [5.74, 6) is -1.43. The molecule has 0 aromatic heterocycles. The molecule has 1 aliphatic carbocycles. The lowest BCUT2D eigenvalue weighted by Crippen LogP contribution is -2.41. The topological polar surface area (TPSA) is 73.1 Å². The lowest BCUT2D eigenvalue weighted by Gasteiger charge is -2.45. The molecule has 0 unspecified atom stereocenters. The van der Waals surface area contributed by atoms with Gasteiger partial charge in [0.25, 0.3) is 0 Å². The van der Waals surface area contributed by atoms with E-state index < -0.39 is 5.97 Å². The molecule has 0 amide bonds. The van der Waals surface area contributed by atoms with Gasteiger partial charge in [0.15, 0.2) is 0 Å². The number of hydrogen-bond acceptors (Lipinski definition) is 4. The molecule has 1 saturated carbocycles. The van der Waals surface area contributed by atoms with E-state index in [-0.39, 0.29) is 11.3 Å². The van der Waals surface area contributed by atoms with Crippen molar-refractivity contribution in [3.05, 3.63) is 53.6 Å². The summed E-state index contributed by atoms with van der Waals surface area (Å²) < 4.78 is 0.